The standard InChI is InChI=1S/C23H33N5O6.ClH/c24-8-2-10-32-12-14-34-15-13-33-11-3-9-25-18-5-1-4-17-16-26-28(23(31)21(17)18)19-6-7-20(29)27-22(19)30;/h1,4-5,16,19,25H,2-3,6-15,24H2,(H,27,29,30);1H. The maximum Gasteiger partial charge on any atom is 0.277 e. The van der Waals surface area contributed by atoms with Gasteiger partial charge in [0.15, 0.2) is 0 Å². The van der Waals surface area contributed by atoms with Gasteiger partial charge in [0, 0.05) is 37.3 Å². The number of hydrogen-bond acceptors (Lipinski definition) is 9. The van der Waals surface area contributed by atoms with Gasteiger partial charge in [0.2, 0.25) is 5.91 Å². The Morgan fingerprint density at radius 2 is 1.71 bits per heavy atom. The van der Waals surface area contributed by atoms with Gasteiger partial charge in [-0.15, -0.1) is 12.4 Å². The summed E-state index contributed by atoms with van der Waals surface area (Å²) in [6, 6.07) is 4.67. The molecule has 1 atom stereocenters. The van der Waals surface area contributed by atoms with Crippen molar-refractivity contribution in [3.8, 4) is 0 Å². The monoisotopic (exact) mass is 511 g/mol. The Bertz CT molecular complexity index is 1020. The van der Waals surface area contributed by atoms with Gasteiger partial charge in [-0.2, -0.15) is 5.10 Å². The van der Waals surface area contributed by atoms with Gasteiger partial charge in [0.05, 0.1) is 38.0 Å². The third kappa shape index (κ3) is 8.55. The van der Waals surface area contributed by atoms with Crippen LogP contribution < -0.4 is 21.9 Å². The molecule has 1 fully saturated rings. The number of halogens is 1. The second kappa shape index (κ2) is 15.4. The van der Waals surface area contributed by atoms with Crippen LogP contribution in [0.4, 0.5) is 5.69 Å². The highest BCUT2D eigenvalue weighted by atomic mass is 35.5. The summed E-state index contributed by atoms with van der Waals surface area (Å²) in [4.78, 5) is 36.8. The van der Waals surface area contributed by atoms with Crippen molar-refractivity contribution >= 4 is 40.7 Å². The van der Waals surface area contributed by atoms with E-state index in [1.165, 1.54) is 4.68 Å². The molecule has 2 aromatic rings. The van der Waals surface area contributed by atoms with Crippen molar-refractivity contribution in [2.45, 2.75) is 31.7 Å². The van der Waals surface area contributed by atoms with E-state index >= 15 is 0 Å². The van der Waals surface area contributed by atoms with Gasteiger partial charge < -0.3 is 25.3 Å². The average molecular weight is 512 g/mol. The normalized spacial score (nSPS) is 15.6. The second-order valence-electron chi connectivity index (χ2n) is 7.89. The van der Waals surface area contributed by atoms with E-state index in [1.807, 2.05) is 12.1 Å². The maximum atomic E-state index is 13.2. The number of amides is 2. The number of fused-ring (bicyclic) bond motifs is 1. The predicted octanol–water partition coefficient (Wildman–Crippen LogP) is 0.997. The number of ether oxygens (including phenoxy) is 3. The molecule has 0 bridgehead atoms. The number of anilines is 1. The summed E-state index contributed by atoms with van der Waals surface area (Å²) in [5, 5.41) is 10.9. The van der Waals surface area contributed by atoms with E-state index in [0.29, 0.717) is 69.2 Å². The molecule has 2 amide bonds. The number of nitrogens with two attached hydrogens (primary N) is 1. The fourth-order valence-electron chi connectivity index (χ4n) is 3.62. The molecule has 0 spiro atoms. The zero-order chi connectivity index (χ0) is 24.2. The number of imide groups is 1. The third-order valence-corrected chi connectivity index (χ3v) is 5.36. The molecule has 1 saturated heterocycles. The van der Waals surface area contributed by atoms with Gasteiger partial charge in [-0.25, -0.2) is 4.68 Å². The van der Waals surface area contributed by atoms with Gasteiger partial charge in [0.1, 0.15) is 6.04 Å². The lowest BCUT2D eigenvalue weighted by molar-refractivity contribution is -0.136. The zero-order valence-corrected chi connectivity index (χ0v) is 20.5. The number of benzene rings is 1. The van der Waals surface area contributed by atoms with Gasteiger partial charge >= 0.3 is 0 Å². The molecule has 12 heteroatoms. The summed E-state index contributed by atoms with van der Waals surface area (Å²) < 4.78 is 17.5. The molecule has 1 aromatic heterocycles. The topological polar surface area (TPSA) is 147 Å². The minimum atomic E-state index is -0.796. The summed E-state index contributed by atoms with van der Waals surface area (Å²) in [5.41, 5.74) is 5.70. The van der Waals surface area contributed by atoms with Crippen LogP contribution in [0.2, 0.25) is 0 Å². The molecule has 1 aliphatic heterocycles. The number of piperidine rings is 1. The number of nitrogens with zero attached hydrogens (tertiary/aromatic N) is 2. The van der Waals surface area contributed by atoms with Crippen molar-refractivity contribution in [3.05, 3.63) is 34.7 Å². The van der Waals surface area contributed by atoms with Crippen molar-refractivity contribution in [1.29, 1.82) is 0 Å². The van der Waals surface area contributed by atoms with Crippen LogP contribution in [0.15, 0.2) is 29.2 Å². The van der Waals surface area contributed by atoms with Crippen molar-refractivity contribution in [2.75, 3.05) is 58.0 Å². The summed E-state index contributed by atoms with van der Waals surface area (Å²) in [5.74, 6) is -0.838. The Kier molecular flexibility index (Phi) is 12.6. The SMILES string of the molecule is Cl.NCCCOCCOCCOCCCNc1cccc2cnn(C3CCC(=O)NC3=O)c(=O)c12. The molecule has 1 aliphatic rings. The van der Waals surface area contributed by atoms with E-state index in [4.69, 9.17) is 19.9 Å². The molecular weight excluding hydrogens is 478 g/mol. The average Bonchev–Trinajstić information content (AvgIpc) is 2.83. The molecule has 194 valence electrons. The zero-order valence-electron chi connectivity index (χ0n) is 19.7. The third-order valence-electron chi connectivity index (χ3n) is 5.36. The van der Waals surface area contributed by atoms with Gasteiger partial charge in [0.25, 0.3) is 11.5 Å². The van der Waals surface area contributed by atoms with Crippen LogP contribution in [-0.2, 0) is 23.8 Å². The quantitative estimate of drug-likeness (QED) is 0.235. The largest absolute Gasteiger partial charge is 0.384 e. The molecule has 11 nitrogen and oxygen atoms in total. The van der Waals surface area contributed by atoms with E-state index < -0.39 is 11.9 Å². The van der Waals surface area contributed by atoms with Crippen LogP contribution >= 0.6 is 12.4 Å². The van der Waals surface area contributed by atoms with Crippen molar-refractivity contribution in [2.24, 2.45) is 5.73 Å². The Morgan fingerprint density at radius 3 is 2.40 bits per heavy atom. The minimum Gasteiger partial charge on any atom is -0.384 e. The minimum absolute atomic E-state index is 0. The first kappa shape index (κ1) is 28.7. The smallest absolute Gasteiger partial charge is 0.277 e. The van der Waals surface area contributed by atoms with Crippen LogP contribution in [-0.4, -0.2) is 74.3 Å². The Labute approximate surface area is 210 Å². The highest BCUT2D eigenvalue weighted by Crippen LogP contribution is 2.22. The Balaban J connectivity index is 0.00000432. The number of nitrogens with one attached hydrogen (secondary N) is 2. The van der Waals surface area contributed by atoms with E-state index in [1.54, 1.807) is 12.3 Å². The molecule has 0 saturated carbocycles. The van der Waals surface area contributed by atoms with Crippen LogP contribution in [0.5, 0.6) is 0 Å². The van der Waals surface area contributed by atoms with Gasteiger partial charge in [-0.1, -0.05) is 12.1 Å². The molecule has 0 aliphatic carbocycles. The maximum absolute atomic E-state index is 13.2. The second-order valence-corrected chi connectivity index (χ2v) is 7.89. The van der Waals surface area contributed by atoms with Crippen LogP contribution in [0.25, 0.3) is 10.8 Å². The van der Waals surface area contributed by atoms with Crippen LogP contribution in [0.3, 0.4) is 0 Å². The van der Waals surface area contributed by atoms with Crippen molar-refractivity contribution < 1.29 is 23.8 Å². The van der Waals surface area contributed by atoms with E-state index in [0.717, 1.165) is 12.8 Å². The highest BCUT2D eigenvalue weighted by molar-refractivity contribution is 5.99. The lowest BCUT2D eigenvalue weighted by atomic mass is 10.1. The van der Waals surface area contributed by atoms with Crippen molar-refractivity contribution in [1.82, 2.24) is 15.1 Å². The Morgan fingerprint density at radius 1 is 1.03 bits per heavy atom. The van der Waals surface area contributed by atoms with E-state index in [2.05, 4.69) is 15.7 Å². The first-order chi connectivity index (χ1) is 16.6. The molecule has 0 radical (unpaired) electrons. The summed E-state index contributed by atoms with van der Waals surface area (Å²) in [6.07, 6.45) is 3.59. The van der Waals surface area contributed by atoms with Crippen LogP contribution in [0, 0.1) is 0 Å². The Hall–Kier alpha value is -2.57. The molecule has 3 rings (SSSR count). The fourth-order valence-corrected chi connectivity index (χ4v) is 3.62. The van der Waals surface area contributed by atoms with E-state index in [-0.39, 0.29) is 36.7 Å². The summed E-state index contributed by atoms with van der Waals surface area (Å²) >= 11 is 0. The lowest BCUT2D eigenvalue weighted by Crippen LogP contribution is -2.45. The molecule has 2 heterocycles. The van der Waals surface area contributed by atoms with Gasteiger partial charge in [-0.05, 0) is 31.9 Å². The predicted molar refractivity (Wildman–Crippen MR) is 134 cm³/mol. The van der Waals surface area contributed by atoms with Crippen molar-refractivity contribution in [3.63, 3.8) is 0 Å². The number of rotatable bonds is 15. The van der Waals surface area contributed by atoms with E-state index in [9.17, 15) is 14.4 Å². The molecule has 1 aromatic carbocycles. The highest BCUT2D eigenvalue weighted by Gasteiger charge is 2.30. The van der Waals surface area contributed by atoms with Crippen LogP contribution in [0.1, 0.15) is 31.7 Å². The molecule has 35 heavy (non-hydrogen) atoms. The number of aromatic nitrogens is 2. The lowest BCUT2D eigenvalue weighted by Gasteiger charge is -2.22. The molecular formula is C23H34ClN5O6. The van der Waals surface area contributed by atoms with Gasteiger partial charge in [-0.3, -0.25) is 19.7 Å². The number of carbonyl (C=O) groups excluding carboxylic acids is 2. The molecule has 1 unspecified atom stereocenters. The first-order valence-electron chi connectivity index (χ1n) is 11.6. The first-order valence-corrected chi connectivity index (χ1v) is 11.6. The summed E-state index contributed by atoms with van der Waals surface area (Å²) in [6.45, 7) is 4.52. The molecule has 4 N–H and O–H groups in total. The number of hydrogen-bond donors (Lipinski definition) is 3. The number of carbonyl (C=O) groups is 2. The fraction of sp³-hybridized carbons (Fsp3) is 0.565. The summed E-state index contributed by atoms with van der Waals surface area (Å²) in [7, 11) is 0.